The first-order valence-electron chi connectivity index (χ1n) is 40.5. The van der Waals surface area contributed by atoms with Gasteiger partial charge in [0, 0.05) is 60.1 Å². The van der Waals surface area contributed by atoms with E-state index in [9.17, 15) is 0 Å². The van der Waals surface area contributed by atoms with Crippen molar-refractivity contribution in [3.05, 3.63) is 301 Å². The lowest BCUT2D eigenvalue weighted by atomic mass is 9.80. The van der Waals surface area contributed by atoms with Crippen LogP contribution in [0.3, 0.4) is 0 Å². The molecule has 0 fully saturated rings. The van der Waals surface area contributed by atoms with Crippen LogP contribution in [0.15, 0.2) is 205 Å². The number of pyridine rings is 4. The molecule has 100 heavy (non-hydrogen) atoms. The molecule has 0 bridgehead atoms. The Balaban J connectivity index is 0.000000105. The Morgan fingerprint density at radius 2 is 0.850 bits per heavy atom. The highest BCUT2D eigenvalue weighted by Gasteiger charge is 2.44. The smallest absolute Gasteiger partial charge is 0.259 e. The molecule has 0 amide bonds. The molecule has 0 radical (unpaired) electrons. The van der Waals surface area contributed by atoms with Crippen molar-refractivity contribution < 1.29 is 39.1 Å². The van der Waals surface area contributed by atoms with Crippen LogP contribution in [0.4, 0.5) is 0 Å². The molecule has 0 saturated heterocycles. The van der Waals surface area contributed by atoms with Crippen LogP contribution in [-0.2, 0) is 59.3 Å². The van der Waals surface area contributed by atoms with Gasteiger partial charge in [0.2, 0.25) is 16.7 Å². The van der Waals surface area contributed by atoms with Crippen LogP contribution in [0.25, 0.3) is 126 Å². The summed E-state index contributed by atoms with van der Waals surface area (Å²) in [4.78, 5) is 0. The monoisotopic (exact) mass is 1330 g/mol. The van der Waals surface area contributed by atoms with E-state index in [2.05, 4.69) is 180 Å². The first kappa shape index (κ1) is 49.8. The van der Waals surface area contributed by atoms with Crippen LogP contribution in [0.2, 0.25) is 0 Å². The fourth-order valence-electron chi connectivity index (χ4n) is 18.0. The van der Waals surface area contributed by atoms with Crippen molar-refractivity contribution in [3.8, 4) is 61.5 Å². The van der Waals surface area contributed by atoms with Crippen molar-refractivity contribution >= 4 is 75.6 Å². The molecule has 488 valence electrons. The molecular formula is C93H83N5OS+4. The predicted molar refractivity (Wildman–Crippen MR) is 413 cm³/mol. The zero-order chi connectivity index (χ0) is 78.6. The average Bonchev–Trinajstić information content (AvgIpc) is 1.55. The van der Waals surface area contributed by atoms with Crippen LogP contribution < -0.4 is 18.3 Å². The molecule has 16 aromatic rings. The van der Waals surface area contributed by atoms with Gasteiger partial charge < -0.3 is 8.98 Å². The Bertz CT molecular complexity index is 6570. The van der Waals surface area contributed by atoms with Gasteiger partial charge in [-0.2, -0.15) is 13.7 Å². The second-order valence-electron chi connectivity index (χ2n) is 28.8. The van der Waals surface area contributed by atoms with E-state index in [1.165, 1.54) is 138 Å². The third kappa shape index (κ3) is 9.26. The Morgan fingerprint density at radius 1 is 0.390 bits per heavy atom. The number of aromatic nitrogens is 5. The van der Waals surface area contributed by atoms with Gasteiger partial charge in [0.15, 0.2) is 30.4 Å². The molecule has 0 saturated carbocycles. The highest BCUT2D eigenvalue weighted by molar-refractivity contribution is 7.25. The highest BCUT2D eigenvalue weighted by Crippen LogP contribution is 2.54. The molecule has 7 heterocycles. The predicted octanol–water partition coefficient (Wildman–Crippen LogP) is 20.5. The summed E-state index contributed by atoms with van der Waals surface area (Å²) >= 11 is 1.69. The number of hydrogen-bond acceptors (Lipinski definition) is 2. The standard InChI is InChI=1S/C27H23N2.C24H24N.C21H18NO.C21H18NS/c1-17-13-25-27(28(3)16-17)26-18(2)22-14-19-9-7-8-12-21(19)23(22)15-24(26)29(25)20-10-5-4-6-11-20;1-14-10-21-23(25(5)13-14)22-15(2)18-11-16-8-6-7-9-17(16)19(18)12-20(22)24(21,3)4;2*1-12-8-19-21(22(3)11-12)20-13(2)16-9-14-6-4-5-7-15(14)17(16)10-18(20)23-19/h4-13,15-16H,14H2,1-3H3;6-10,12-13H,11H2,1-5H3;2*4-8,10-11H,9H2,1-3H3/q4*+1/i4*1D3. The van der Waals surface area contributed by atoms with Crippen LogP contribution in [-0.4, -0.2) is 4.57 Å². The van der Waals surface area contributed by atoms with E-state index in [0.29, 0.717) is 27.8 Å². The Labute approximate surface area is 606 Å². The summed E-state index contributed by atoms with van der Waals surface area (Å²) in [7, 11) is 7.76. The number of thiophene rings is 1. The Kier molecular flexibility index (Phi) is 11.3. The number of hydrogen-bond donors (Lipinski definition) is 0. The molecule has 5 aliphatic rings. The van der Waals surface area contributed by atoms with E-state index in [4.69, 9.17) is 20.9 Å². The van der Waals surface area contributed by atoms with Gasteiger partial charge in [-0.25, -0.2) is 4.57 Å². The minimum absolute atomic E-state index is 0.235. The van der Waals surface area contributed by atoms with Crippen molar-refractivity contribution in [2.75, 3.05) is 0 Å². The van der Waals surface area contributed by atoms with Gasteiger partial charge in [-0.05, 0) is 258 Å². The largest absolute Gasteiger partial charge is 0.449 e. The molecule has 9 aromatic carbocycles. The molecular weight excluding hydrogens is 1240 g/mol. The molecule has 7 heteroatoms. The molecule has 0 unspecified atom stereocenters. The van der Waals surface area contributed by atoms with Gasteiger partial charge >= 0.3 is 0 Å². The van der Waals surface area contributed by atoms with E-state index in [0.717, 1.165) is 85.9 Å². The summed E-state index contributed by atoms with van der Waals surface area (Å²) in [6.07, 6.45) is 10.8. The van der Waals surface area contributed by atoms with E-state index in [1.807, 2.05) is 82.9 Å². The molecule has 0 N–H and O–H groups in total. The van der Waals surface area contributed by atoms with E-state index < -0.39 is 27.4 Å². The normalized spacial score (nSPS) is 15.7. The summed E-state index contributed by atoms with van der Waals surface area (Å²) in [5, 5.41) is 3.53. The maximum absolute atomic E-state index is 8.00. The van der Waals surface area contributed by atoms with Crippen LogP contribution in [0.1, 0.15) is 130 Å². The van der Waals surface area contributed by atoms with Crippen LogP contribution >= 0.6 is 11.3 Å². The molecule has 7 aromatic heterocycles. The summed E-state index contributed by atoms with van der Waals surface area (Å²) in [5.41, 5.74) is 40.2. The number of furan rings is 1. The number of fused-ring (bicyclic) bond motifs is 24. The second kappa shape index (κ2) is 22.7. The van der Waals surface area contributed by atoms with Gasteiger partial charge in [0.1, 0.15) is 44.0 Å². The van der Waals surface area contributed by atoms with E-state index in [-0.39, 0.29) is 5.41 Å². The maximum Gasteiger partial charge on any atom is 0.259 e. The minimum Gasteiger partial charge on any atom is -0.449 e. The van der Waals surface area contributed by atoms with E-state index >= 15 is 0 Å². The first-order valence-corrected chi connectivity index (χ1v) is 35.3. The lowest BCUT2D eigenvalue weighted by Crippen LogP contribution is -2.32. The molecule has 0 spiro atoms. The minimum atomic E-state index is -2.17. The summed E-state index contributed by atoms with van der Waals surface area (Å²) < 4.78 is 112. The summed E-state index contributed by atoms with van der Waals surface area (Å²) in [5.74, 6) is 0. The van der Waals surface area contributed by atoms with Gasteiger partial charge in [-0.3, -0.25) is 0 Å². The highest BCUT2D eigenvalue weighted by atomic mass is 32.1. The van der Waals surface area contributed by atoms with Gasteiger partial charge in [-0.15, -0.1) is 11.3 Å². The summed E-state index contributed by atoms with van der Waals surface area (Å²) in [6, 6.07) is 60.9. The third-order valence-electron chi connectivity index (χ3n) is 22.6. The quantitative estimate of drug-likeness (QED) is 0.151. The number of benzene rings is 9. The molecule has 0 aliphatic heterocycles. The number of para-hydroxylation sites is 1. The zero-order valence-electron chi connectivity index (χ0n) is 69.9. The maximum atomic E-state index is 8.00. The number of aryl methyl sites for hydroxylation is 11. The molecule has 6 nitrogen and oxygen atoms in total. The first-order chi connectivity index (χ1) is 53.1. The number of nitrogens with zero attached hydrogens (tertiary/aromatic N) is 5. The van der Waals surface area contributed by atoms with Gasteiger partial charge in [0.05, 0.1) is 27.2 Å². The number of rotatable bonds is 1. The van der Waals surface area contributed by atoms with Crippen molar-refractivity contribution in [2.45, 2.75) is 100 Å². The fourth-order valence-corrected chi connectivity index (χ4v) is 19.3. The van der Waals surface area contributed by atoms with E-state index in [1.54, 1.807) is 42.2 Å². The third-order valence-corrected chi connectivity index (χ3v) is 23.6. The molecule has 21 rings (SSSR count). The fraction of sp³-hybridized carbons (Fsp3) is 0.204. The summed E-state index contributed by atoms with van der Waals surface area (Å²) in [6.45, 7) is 4.70. The van der Waals surface area contributed by atoms with Gasteiger partial charge in [0.25, 0.3) is 5.52 Å². The van der Waals surface area contributed by atoms with Crippen LogP contribution in [0, 0.1) is 55.1 Å². The van der Waals surface area contributed by atoms with Crippen molar-refractivity contribution in [2.24, 2.45) is 28.2 Å². The lowest BCUT2D eigenvalue weighted by molar-refractivity contribution is -0.660. The topological polar surface area (TPSA) is 33.6 Å². The lowest BCUT2D eigenvalue weighted by Gasteiger charge is -2.21. The molecule has 0 atom stereocenters. The van der Waals surface area contributed by atoms with Crippen molar-refractivity contribution in [3.63, 3.8) is 0 Å². The Hall–Kier alpha value is -10.6. The average molecular weight is 1330 g/mol. The second-order valence-corrected chi connectivity index (χ2v) is 29.9. The van der Waals surface area contributed by atoms with Crippen LogP contribution in [0.5, 0.6) is 0 Å². The Morgan fingerprint density at radius 3 is 1.44 bits per heavy atom. The van der Waals surface area contributed by atoms with Crippen molar-refractivity contribution in [1.82, 2.24) is 4.57 Å². The zero-order valence-corrected chi connectivity index (χ0v) is 58.8. The van der Waals surface area contributed by atoms with Gasteiger partial charge in [-0.1, -0.05) is 129 Å². The van der Waals surface area contributed by atoms with Crippen molar-refractivity contribution in [1.29, 1.82) is 0 Å². The SMILES string of the molecule is [2H]C([2H])([2H])c1cc2c([n+](C)c1)-c1c(cc3c(c1C)Cc1ccccc1-3)C2(C)C.[2H]C([2H])([2H])c1cc2c(c3c(C)c4c(cc3n2-c2ccccc2)-c2ccccc2C4)[n+](C)c1.[2H]C([2H])([2H])c1cc2oc3cc4c(c(C)c3c2[n+](C)c1)Cc1ccccc1-4.[2H]C([2H])([2H])c1cc2sc3cc4c(c(C)c3c2[n+](C)c1)Cc1ccccc1-4. The molecule has 5 aliphatic carbocycles.